The lowest BCUT2D eigenvalue weighted by atomic mass is 10.1. The fourth-order valence-electron chi connectivity index (χ4n) is 1.55. The van der Waals surface area contributed by atoms with Gasteiger partial charge in [-0.05, 0) is 24.6 Å². The predicted octanol–water partition coefficient (Wildman–Crippen LogP) is 5.13. The minimum atomic E-state index is -0.0628. The first-order valence-electron chi connectivity index (χ1n) is 5.33. The van der Waals surface area contributed by atoms with Crippen molar-refractivity contribution in [1.29, 1.82) is 0 Å². The number of hydrogen-bond donors (Lipinski definition) is 0. The maximum atomic E-state index is 6.04. The van der Waals surface area contributed by atoms with Gasteiger partial charge in [0.05, 0.1) is 5.02 Å². The van der Waals surface area contributed by atoms with Crippen LogP contribution >= 0.6 is 23.2 Å². The molecule has 0 radical (unpaired) electrons. The molecule has 0 spiro atoms. The first-order chi connectivity index (χ1) is 8.16. The van der Waals surface area contributed by atoms with E-state index in [9.17, 15) is 0 Å². The Morgan fingerprint density at radius 3 is 2.41 bits per heavy atom. The third kappa shape index (κ3) is 3.15. The average molecular weight is 267 g/mol. The molecule has 88 valence electrons. The van der Waals surface area contributed by atoms with Crippen molar-refractivity contribution in [3.8, 4) is 5.75 Å². The highest BCUT2D eigenvalue weighted by atomic mass is 35.5. The zero-order valence-corrected chi connectivity index (χ0v) is 10.9. The van der Waals surface area contributed by atoms with Crippen molar-refractivity contribution in [3.05, 3.63) is 64.1 Å². The van der Waals surface area contributed by atoms with E-state index in [1.165, 1.54) is 0 Å². The molecule has 0 saturated carbocycles. The van der Waals surface area contributed by atoms with Gasteiger partial charge in [-0.1, -0.05) is 53.5 Å². The quantitative estimate of drug-likeness (QED) is 0.748. The first kappa shape index (κ1) is 12.3. The van der Waals surface area contributed by atoms with Crippen LogP contribution in [0.1, 0.15) is 18.6 Å². The van der Waals surface area contributed by atoms with Gasteiger partial charge >= 0.3 is 0 Å². The maximum absolute atomic E-state index is 6.04. The van der Waals surface area contributed by atoms with Gasteiger partial charge in [0.1, 0.15) is 11.9 Å². The van der Waals surface area contributed by atoms with E-state index in [1.54, 1.807) is 18.2 Å². The third-order valence-electron chi connectivity index (χ3n) is 2.47. The van der Waals surface area contributed by atoms with Gasteiger partial charge < -0.3 is 4.74 Å². The van der Waals surface area contributed by atoms with Gasteiger partial charge in [0.15, 0.2) is 0 Å². The highest BCUT2D eigenvalue weighted by Gasteiger charge is 2.09. The normalized spacial score (nSPS) is 12.2. The molecule has 1 nitrogen and oxygen atoms in total. The fraction of sp³-hybridized carbons (Fsp3) is 0.143. The number of ether oxygens (including phenoxy) is 1. The summed E-state index contributed by atoms with van der Waals surface area (Å²) >= 11 is 12.0. The second kappa shape index (κ2) is 5.44. The van der Waals surface area contributed by atoms with Crippen LogP contribution in [0.5, 0.6) is 5.75 Å². The van der Waals surface area contributed by atoms with Crippen LogP contribution in [0.4, 0.5) is 0 Å². The molecular weight excluding hydrogens is 255 g/mol. The van der Waals surface area contributed by atoms with Crippen LogP contribution in [0.3, 0.4) is 0 Å². The van der Waals surface area contributed by atoms with Crippen LogP contribution < -0.4 is 4.74 Å². The van der Waals surface area contributed by atoms with Gasteiger partial charge in [-0.3, -0.25) is 0 Å². The van der Waals surface area contributed by atoms with Gasteiger partial charge in [-0.15, -0.1) is 0 Å². The van der Waals surface area contributed by atoms with Crippen LogP contribution in [0.15, 0.2) is 48.5 Å². The van der Waals surface area contributed by atoms with Crippen molar-refractivity contribution in [2.45, 2.75) is 13.0 Å². The molecule has 3 heteroatoms. The van der Waals surface area contributed by atoms with Gasteiger partial charge in [0, 0.05) is 11.1 Å². The Labute approximate surface area is 111 Å². The Morgan fingerprint density at radius 2 is 1.71 bits per heavy atom. The summed E-state index contributed by atoms with van der Waals surface area (Å²) in [5, 5.41) is 1.18. The number of benzene rings is 2. The second-order valence-corrected chi connectivity index (χ2v) is 4.59. The van der Waals surface area contributed by atoms with Crippen molar-refractivity contribution < 1.29 is 4.74 Å². The topological polar surface area (TPSA) is 9.23 Å². The molecule has 0 amide bonds. The summed E-state index contributed by atoms with van der Waals surface area (Å²) in [5.74, 6) is 0.607. The van der Waals surface area contributed by atoms with Gasteiger partial charge in [-0.25, -0.2) is 0 Å². The van der Waals surface area contributed by atoms with Crippen molar-refractivity contribution in [3.63, 3.8) is 0 Å². The van der Waals surface area contributed by atoms with Gasteiger partial charge in [-0.2, -0.15) is 0 Å². The van der Waals surface area contributed by atoms with Crippen LogP contribution in [-0.2, 0) is 0 Å². The Kier molecular flexibility index (Phi) is 3.93. The lowest BCUT2D eigenvalue weighted by Crippen LogP contribution is -2.03. The minimum Gasteiger partial charge on any atom is -0.484 e. The van der Waals surface area contributed by atoms with Crippen molar-refractivity contribution in [2.24, 2.45) is 0 Å². The maximum Gasteiger partial charge on any atom is 0.140 e. The Morgan fingerprint density at radius 1 is 1.00 bits per heavy atom. The van der Waals surface area contributed by atoms with Crippen LogP contribution in [0.25, 0.3) is 0 Å². The molecule has 0 fully saturated rings. The standard InChI is InChI=1S/C14H12Cl2O/c1-10(11-5-3-2-4-6-11)17-14-9-12(15)7-8-13(14)16/h2-10H,1H3/t10-/m0/s1. The number of rotatable bonds is 3. The highest BCUT2D eigenvalue weighted by molar-refractivity contribution is 6.34. The Hall–Kier alpha value is -1.18. The lowest BCUT2D eigenvalue weighted by Gasteiger charge is -2.16. The molecule has 2 rings (SSSR count). The number of halogens is 2. The summed E-state index contributed by atoms with van der Waals surface area (Å²) in [7, 11) is 0. The molecule has 17 heavy (non-hydrogen) atoms. The molecule has 1 atom stereocenters. The van der Waals surface area contributed by atoms with E-state index in [0.29, 0.717) is 15.8 Å². The van der Waals surface area contributed by atoms with Crippen molar-refractivity contribution >= 4 is 23.2 Å². The molecule has 0 saturated heterocycles. The highest BCUT2D eigenvalue weighted by Crippen LogP contribution is 2.31. The monoisotopic (exact) mass is 266 g/mol. The molecular formula is C14H12Cl2O. The van der Waals surface area contributed by atoms with E-state index in [4.69, 9.17) is 27.9 Å². The van der Waals surface area contributed by atoms with E-state index in [-0.39, 0.29) is 6.10 Å². The van der Waals surface area contributed by atoms with E-state index in [1.807, 2.05) is 37.3 Å². The van der Waals surface area contributed by atoms with Gasteiger partial charge in [0.25, 0.3) is 0 Å². The summed E-state index contributed by atoms with van der Waals surface area (Å²) in [5.41, 5.74) is 1.10. The second-order valence-electron chi connectivity index (χ2n) is 3.75. The zero-order valence-electron chi connectivity index (χ0n) is 9.36. The zero-order chi connectivity index (χ0) is 12.3. The summed E-state index contributed by atoms with van der Waals surface area (Å²) in [4.78, 5) is 0. The summed E-state index contributed by atoms with van der Waals surface area (Å²) in [6.45, 7) is 1.98. The van der Waals surface area contributed by atoms with Crippen molar-refractivity contribution in [1.82, 2.24) is 0 Å². The summed E-state index contributed by atoms with van der Waals surface area (Å²) in [6.07, 6.45) is -0.0628. The van der Waals surface area contributed by atoms with Crippen LogP contribution in [0, 0.1) is 0 Å². The first-order valence-corrected chi connectivity index (χ1v) is 6.09. The summed E-state index contributed by atoms with van der Waals surface area (Å²) in [6, 6.07) is 15.2. The average Bonchev–Trinajstić information content (AvgIpc) is 2.35. The van der Waals surface area contributed by atoms with Crippen LogP contribution in [0.2, 0.25) is 10.0 Å². The molecule has 0 aliphatic heterocycles. The number of hydrogen-bond acceptors (Lipinski definition) is 1. The molecule has 2 aromatic carbocycles. The summed E-state index contributed by atoms with van der Waals surface area (Å²) < 4.78 is 5.80. The smallest absolute Gasteiger partial charge is 0.140 e. The molecule has 0 aromatic heterocycles. The molecule has 0 aliphatic rings. The molecule has 0 heterocycles. The van der Waals surface area contributed by atoms with Gasteiger partial charge in [0.2, 0.25) is 0 Å². The van der Waals surface area contributed by atoms with E-state index < -0.39 is 0 Å². The third-order valence-corrected chi connectivity index (χ3v) is 3.01. The van der Waals surface area contributed by atoms with Crippen LogP contribution in [-0.4, -0.2) is 0 Å². The minimum absolute atomic E-state index is 0.0628. The lowest BCUT2D eigenvalue weighted by molar-refractivity contribution is 0.227. The van der Waals surface area contributed by atoms with E-state index >= 15 is 0 Å². The molecule has 0 bridgehead atoms. The molecule has 0 aliphatic carbocycles. The molecule has 0 unspecified atom stereocenters. The van der Waals surface area contributed by atoms with E-state index in [0.717, 1.165) is 5.56 Å². The molecule has 2 aromatic rings. The van der Waals surface area contributed by atoms with E-state index in [2.05, 4.69) is 0 Å². The fourth-order valence-corrected chi connectivity index (χ4v) is 1.87. The Bertz CT molecular complexity index is 497. The SMILES string of the molecule is C[C@H](Oc1cc(Cl)ccc1Cl)c1ccccc1. The Balaban J connectivity index is 2.18. The van der Waals surface area contributed by atoms with Crippen molar-refractivity contribution in [2.75, 3.05) is 0 Å². The largest absolute Gasteiger partial charge is 0.484 e. The predicted molar refractivity (Wildman–Crippen MR) is 71.9 cm³/mol. The molecule has 0 N–H and O–H groups in total.